The van der Waals surface area contributed by atoms with E-state index in [1.165, 1.54) is 29.6 Å². The predicted octanol–water partition coefficient (Wildman–Crippen LogP) is 4.94. The maximum atomic E-state index is 13.9. The van der Waals surface area contributed by atoms with E-state index in [1.54, 1.807) is 47.4 Å². The number of amides is 2. The Morgan fingerprint density at radius 1 is 1.05 bits per heavy atom. The second kappa shape index (κ2) is 11.8. The van der Waals surface area contributed by atoms with Gasteiger partial charge in [0.05, 0.1) is 5.69 Å². The molecule has 1 saturated carbocycles. The molecule has 2 atom stereocenters. The van der Waals surface area contributed by atoms with Crippen LogP contribution in [0.25, 0.3) is 22.7 Å². The first-order chi connectivity index (χ1) is 20.4. The van der Waals surface area contributed by atoms with Crippen LogP contribution in [0.15, 0.2) is 54.9 Å². The molecule has 0 spiro atoms. The fourth-order valence-corrected chi connectivity index (χ4v) is 6.57. The summed E-state index contributed by atoms with van der Waals surface area (Å²) in [6.07, 6.45) is 10.9. The Morgan fingerprint density at radius 3 is 2.64 bits per heavy atom. The van der Waals surface area contributed by atoms with Gasteiger partial charge in [0.25, 0.3) is 0 Å². The van der Waals surface area contributed by atoms with Gasteiger partial charge in [-0.25, -0.2) is 4.79 Å². The highest BCUT2D eigenvalue weighted by atomic mass is 35.5. The maximum Gasteiger partial charge on any atom is 0.352 e. The van der Waals surface area contributed by atoms with Crippen LogP contribution in [0.3, 0.4) is 0 Å². The number of rotatable bonds is 7. The highest BCUT2D eigenvalue weighted by Crippen LogP contribution is 2.39. The summed E-state index contributed by atoms with van der Waals surface area (Å²) in [5.74, 6) is -1.12. The molecule has 0 unspecified atom stereocenters. The molecule has 2 aromatic heterocycles. The number of hydrogen-bond acceptors (Lipinski definition) is 6. The fraction of sp³-hybridized carbons (Fsp3) is 0.333. The number of carboxylic acids is 1. The van der Waals surface area contributed by atoms with Crippen molar-refractivity contribution in [3.8, 4) is 5.69 Å². The van der Waals surface area contributed by atoms with Crippen LogP contribution < -0.4 is 5.32 Å². The van der Waals surface area contributed by atoms with Crippen molar-refractivity contribution in [1.82, 2.24) is 30.1 Å². The summed E-state index contributed by atoms with van der Waals surface area (Å²) < 4.78 is 1.49. The van der Waals surface area contributed by atoms with Crippen LogP contribution in [-0.2, 0) is 9.59 Å². The van der Waals surface area contributed by atoms with Crippen LogP contribution in [0.1, 0.15) is 54.6 Å². The molecule has 2 fully saturated rings. The van der Waals surface area contributed by atoms with Gasteiger partial charge in [0.2, 0.25) is 11.8 Å². The topological polar surface area (TPSA) is 146 Å². The minimum Gasteiger partial charge on any atom is -0.477 e. The normalized spacial score (nSPS) is 19.5. The van der Waals surface area contributed by atoms with Gasteiger partial charge in [0, 0.05) is 39.8 Å². The number of halogens is 1. The first-order valence-corrected chi connectivity index (χ1v) is 14.4. The van der Waals surface area contributed by atoms with E-state index in [2.05, 4.69) is 25.8 Å². The van der Waals surface area contributed by atoms with E-state index in [0.717, 1.165) is 32.1 Å². The van der Waals surface area contributed by atoms with E-state index in [-0.39, 0.29) is 23.4 Å². The molecule has 1 aliphatic carbocycles. The molecule has 1 saturated heterocycles. The molecule has 0 radical (unpaired) electrons. The zero-order chi connectivity index (χ0) is 29.2. The number of fused-ring (bicyclic) bond motifs is 1. The van der Waals surface area contributed by atoms with Gasteiger partial charge in [-0.3, -0.25) is 9.59 Å². The van der Waals surface area contributed by atoms with Gasteiger partial charge in [-0.1, -0.05) is 43.7 Å². The van der Waals surface area contributed by atoms with Gasteiger partial charge in [0.15, 0.2) is 0 Å². The monoisotopic (exact) mass is 587 g/mol. The number of tetrazole rings is 1. The Balaban J connectivity index is 1.26. The third kappa shape index (κ3) is 5.64. The highest BCUT2D eigenvalue weighted by molar-refractivity contribution is 6.30. The largest absolute Gasteiger partial charge is 0.477 e. The summed E-state index contributed by atoms with van der Waals surface area (Å²) in [5, 5.41) is 24.8. The molecule has 12 heteroatoms. The molecule has 2 aliphatic rings. The summed E-state index contributed by atoms with van der Waals surface area (Å²) in [6.45, 7) is 0.483. The van der Waals surface area contributed by atoms with Crippen molar-refractivity contribution >= 4 is 52.1 Å². The van der Waals surface area contributed by atoms with E-state index in [0.29, 0.717) is 45.3 Å². The third-order valence-electron chi connectivity index (χ3n) is 8.36. The van der Waals surface area contributed by atoms with Crippen LogP contribution >= 0.6 is 11.6 Å². The summed E-state index contributed by atoms with van der Waals surface area (Å²) in [4.78, 5) is 43.4. The first-order valence-electron chi connectivity index (χ1n) is 14.1. The van der Waals surface area contributed by atoms with E-state index in [4.69, 9.17) is 11.6 Å². The molecule has 42 heavy (non-hydrogen) atoms. The number of likely N-dealkylation sites (tertiary alicyclic amines) is 1. The van der Waals surface area contributed by atoms with Crippen molar-refractivity contribution in [3.63, 3.8) is 0 Å². The molecular formula is C30H30ClN7O4. The zero-order valence-electron chi connectivity index (χ0n) is 22.7. The van der Waals surface area contributed by atoms with Crippen LogP contribution in [0.5, 0.6) is 0 Å². The van der Waals surface area contributed by atoms with Gasteiger partial charge in [-0.15, -0.1) is 5.10 Å². The van der Waals surface area contributed by atoms with E-state index >= 15 is 0 Å². The highest BCUT2D eigenvalue weighted by Gasteiger charge is 2.44. The molecule has 2 aromatic carbocycles. The number of carbonyl (C=O) groups is 3. The predicted molar refractivity (Wildman–Crippen MR) is 157 cm³/mol. The third-order valence-corrected chi connectivity index (χ3v) is 8.60. The number of hydrogen-bond donors (Lipinski definition) is 3. The quantitative estimate of drug-likeness (QED) is 0.259. The van der Waals surface area contributed by atoms with Crippen LogP contribution in [0, 0.1) is 11.8 Å². The molecule has 11 nitrogen and oxygen atoms in total. The molecule has 1 aliphatic heterocycles. The summed E-state index contributed by atoms with van der Waals surface area (Å²) in [5.41, 5.74) is 2.61. The Kier molecular flexibility index (Phi) is 7.75. The van der Waals surface area contributed by atoms with Crippen molar-refractivity contribution in [3.05, 3.63) is 71.1 Å². The number of aromatic carboxylic acids is 1. The van der Waals surface area contributed by atoms with Crippen molar-refractivity contribution in [2.24, 2.45) is 11.8 Å². The molecule has 2 amide bonds. The molecule has 216 valence electrons. The number of carboxylic acid groups (broad SMARTS) is 1. The first kappa shape index (κ1) is 27.6. The number of anilines is 1. The van der Waals surface area contributed by atoms with Crippen molar-refractivity contribution < 1.29 is 19.5 Å². The number of aromatic nitrogens is 5. The van der Waals surface area contributed by atoms with E-state index < -0.39 is 12.0 Å². The smallest absolute Gasteiger partial charge is 0.352 e. The van der Waals surface area contributed by atoms with Gasteiger partial charge < -0.3 is 20.3 Å². The number of aromatic amines is 1. The van der Waals surface area contributed by atoms with Crippen LogP contribution in [-0.4, -0.2) is 65.6 Å². The molecule has 3 heterocycles. The van der Waals surface area contributed by atoms with Crippen molar-refractivity contribution in [2.75, 3.05) is 11.9 Å². The minimum absolute atomic E-state index is 0.0557. The Bertz CT molecular complexity index is 1660. The minimum atomic E-state index is -1.05. The number of nitrogens with zero attached hydrogens (tertiary/aromatic N) is 5. The summed E-state index contributed by atoms with van der Waals surface area (Å²) >= 11 is 6.25. The van der Waals surface area contributed by atoms with Crippen LogP contribution in [0.4, 0.5) is 5.69 Å². The lowest BCUT2D eigenvalue weighted by Crippen LogP contribution is -2.47. The Labute approximate surface area is 246 Å². The lowest BCUT2D eigenvalue weighted by atomic mass is 9.76. The molecule has 4 aromatic rings. The number of benzene rings is 2. The van der Waals surface area contributed by atoms with Gasteiger partial charge >= 0.3 is 5.97 Å². The van der Waals surface area contributed by atoms with E-state index in [1.807, 2.05) is 0 Å². The van der Waals surface area contributed by atoms with Crippen molar-refractivity contribution in [1.29, 1.82) is 0 Å². The number of nitrogens with one attached hydrogen (secondary N) is 2. The zero-order valence-corrected chi connectivity index (χ0v) is 23.5. The molecule has 6 rings (SSSR count). The van der Waals surface area contributed by atoms with E-state index in [9.17, 15) is 19.5 Å². The standard InChI is InChI=1S/C30H30ClN7O4/c31-21-7-10-26(38-17-32-35-36-38)19(14-21)6-11-27(39)37-13-12-23(18-4-2-1-3-5-18)28(37)29(40)33-22-8-9-24-20(15-22)16-25(34-24)30(41)42/h6-11,14-18,23,28,34H,1-5,12-13H2,(H,33,40)(H,41,42)/b11-6+/t23-,28-/m1/s1. The van der Waals surface area contributed by atoms with Crippen molar-refractivity contribution in [2.45, 2.75) is 44.6 Å². The van der Waals surface area contributed by atoms with Gasteiger partial charge in [-0.2, -0.15) is 4.68 Å². The SMILES string of the molecule is O=C(O)c1cc2cc(NC(=O)[C@H]3[C@@H](C4CCCCC4)CCN3C(=O)/C=C/c3cc(Cl)ccc3-n3cnnn3)ccc2[nH]1. The average Bonchev–Trinajstić information content (AvgIpc) is 3.76. The van der Waals surface area contributed by atoms with Crippen LogP contribution in [0.2, 0.25) is 5.02 Å². The fourth-order valence-electron chi connectivity index (χ4n) is 6.39. The lowest BCUT2D eigenvalue weighted by molar-refractivity contribution is -0.134. The molecule has 3 N–H and O–H groups in total. The second-order valence-corrected chi connectivity index (χ2v) is 11.3. The maximum absolute atomic E-state index is 13.9. The Morgan fingerprint density at radius 2 is 1.88 bits per heavy atom. The summed E-state index contributed by atoms with van der Waals surface area (Å²) in [6, 6.07) is 11.4. The number of carbonyl (C=O) groups excluding carboxylic acids is 2. The van der Waals surface area contributed by atoms with Gasteiger partial charge in [0.1, 0.15) is 18.1 Å². The summed E-state index contributed by atoms with van der Waals surface area (Å²) in [7, 11) is 0. The van der Waals surface area contributed by atoms with Gasteiger partial charge in [-0.05, 0) is 77.2 Å². The molecule has 0 bridgehead atoms. The number of H-pyrrole nitrogens is 1. The average molecular weight is 588 g/mol. The Hall–Kier alpha value is -4.51. The molecular weight excluding hydrogens is 558 g/mol. The lowest BCUT2D eigenvalue weighted by Gasteiger charge is -2.33. The second-order valence-electron chi connectivity index (χ2n) is 10.9.